The number of carbonyl (C=O) groups excluding carboxylic acids is 1. The summed E-state index contributed by atoms with van der Waals surface area (Å²) >= 11 is 0. The Morgan fingerprint density at radius 2 is 2.14 bits per heavy atom. The minimum atomic E-state index is -0.399. The Balaban J connectivity index is 1.72. The number of hydrogen-bond donors (Lipinski definition) is 4. The van der Waals surface area contributed by atoms with E-state index in [4.69, 9.17) is 5.11 Å². The highest BCUT2D eigenvalue weighted by Gasteiger charge is 2.43. The Hall–Kier alpha value is -1.17. The summed E-state index contributed by atoms with van der Waals surface area (Å²) in [6, 6.07) is 0. The summed E-state index contributed by atoms with van der Waals surface area (Å²) in [5.74, 6) is 1.06. The first kappa shape index (κ1) is 23.1. The smallest absolute Gasteiger partial charge is 0.220 e. The molecule has 0 spiro atoms. The van der Waals surface area contributed by atoms with E-state index in [9.17, 15) is 15.0 Å². The van der Waals surface area contributed by atoms with Gasteiger partial charge in [-0.05, 0) is 50.4 Å². The number of unbranched alkanes of at least 4 members (excludes halogenated alkanes) is 3. The van der Waals surface area contributed by atoms with Crippen molar-refractivity contribution < 1.29 is 20.1 Å². The van der Waals surface area contributed by atoms with Crippen LogP contribution in [0.2, 0.25) is 0 Å². The third-order valence-electron chi connectivity index (χ3n) is 6.19. The van der Waals surface area contributed by atoms with E-state index in [1.54, 1.807) is 0 Å². The summed E-state index contributed by atoms with van der Waals surface area (Å²) in [4.78, 5) is 11.6. The van der Waals surface area contributed by atoms with E-state index < -0.39 is 6.10 Å². The molecule has 160 valence electrons. The van der Waals surface area contributed by atoms with Crippen molar-refractivity contribution in [1.29, 1.82) is 0 Å². The average Bonchev–Trinajstić information content (AvgIpc) is 3.18. The monoisotopic (exact) mass is 393 g/mol. The molecule has 1 fully saturated rings. The summed E-state index contributed by atoms with van der Waals surface area (Å²) in [6.07, 6.45) is 15.0. The summed E-state index contributed by atoms with van der Waals surface area (Å²) in [5, 5.41) is 31.9. The van der Waals surface area contributed by atoms with Gasteiger partial charge >= 0.3 is 0 Å². The number of fused-ring (bicyclic) bond motifs is 1. The lowest BCUT2D eigenvalue weighted by Crippen LogP contribution is -2.25. The van der Waals surface area contributed by atoms with Gasteiger partial charge in [0.1, 0.15) is 0 Å². The Kier molecular flexibility index (Phi) is 10.2. The van der Waals surface area contributed by atoms with Crippen molar-refractivity contribution >= 4 is 5.91 Å². The Morgan fingerprint density at radius 1 is 1.32 bits per heavy atom. The minimum Gasteiger partial charge on any atom is -0.395 e. The lowest BCUT2D eigenvalue weighted by molar-refractivity contribution is -0.121. The SMILES string of the molecule is CCCCC[C@H](O)C=C[C@@H]1[C@H]2CC(CCCCC(=O)NCCO)=C[C@H]2C[C@H]1O. The molecule has 0 radical (unpaired) electrons. The lowest BCUT2D eigenvalue weighted by Gasteiger charge is -2.19. The fraction of sp³-hybridized carbons (Fsp3) is 0.783. The topological polar surface area (TPSA) is 89.8 Å². The molecule has 0 bridgehead atoms. The van der Waals surface area contributed by atoms with E-state index in [2.05, 4.69) is 24.4 Å². The highest BCUT2D eigenvalue weighted by molar-refractivity contribution is 5.75. The number of hydrogen-bond acceptors (Lipinski definition) is 4. The predicted molar refractivity (Wildman–Crippen MR) is 112 cm³/mol. The largest absolute Gasteiger partial charge is 0.395 e. The maximum atomic E-state index is 11.6. The summed E-state index contributed by atoms with van der Waals surface area (Å²) in [6.45, 7) is 2.48. The van der Waals surface area contributed by atoms with Gasteiger partial charge in [0.25, 0.3) is 0 Å². The first-order valence-corrected chi connectivity index (χ1v) is 11.2. The van der Waals surface area contributed by atoms with Crippen molar-refractivity contribution in [2.75, 3.05) is 13.2 Å². The van der Waals surface area contributed by atoms with Gasteiger partial charge in [-0.3, -0.25) is 4.79 Å². The maximum Gasteiger partial charge on any atom is 0.220 e. The Labute approximate surface area is 169 Å². The minimum absolute atomic E-state index is 0.0112. The van der Waals surface area contributed by atoms with Crippen molar-refractivity contribution in [3.8, 4) is 0 Å². The van der Waals surface area contributed by atoms with Crippen LogP contribution in [0.4, 0.5) is 0 Å². The molecular weight excluding hydrogens is 354 g/mol. The number of rotatable bonds is 13. The zero-order valence-corrected chi connectivity index (χ0v) is 17.4. The van der Waals surface area contributed by atoms with E-state index in [-0.39, 0.29) is 24.5 Å². The fourth-order valence-electron chi connectivity index (χ4n) is 4.67. The molecule has 5 atom stereocenters. The fourth-order valence-corrected chi connectivity index (χ4v) is 4.67. The van der Waals surface area contributed by atoms with Crippen LogP contribution in [0.5, 0.6) is 0 Å². The Morgan fingerprint density at radius 3 is 2.89 bits per heavy atom. The van der Waals surface area contributed by atoms with Gasteiger partial charge in [0.15, 0.2) is 0 Å². The molecule has 0 aromatic rings. The molecule has 2 aliphatic rings. The summed E-state index contributed by atoms with van der Waals surface area (Å²) in [7, 11) is 0. The average molecular weight is 394 g/mol. The van der Waals surface area contributed by atoms with Gasteiger partial charge in [0.2, 0.25) is 5.91 Å². The predicted octanol–water partition coefficient (Wildman–Crippen LogP) is 3.10. The Bertz CT molecular complexity index is 531. The molecule has 1 saturated carbocycles. The standard InChI is InChI=1S/C23H39NO4/c1-2-3-4-8-19(26)10-11-20-21-15-17(14-18(21)16-22(20)27)7-5-6-9-23(28)24-12-13-25/h10-11,14,18-22,25-27H,2-9,12-13,15-16H2,1H3,(H,24,28)/t18-,19-,20+,21-,22+/m0/s1. The van der Waals surface area contributed by atoms with E-state index in [1.807, 2.05) is 6.08 Å². The number of aliphatic hydroxyl groups is 3. The van der Waals surface area contributed by atoms with Gasteiger partial charge in [-0.1, -0.05) is 50.0 Å². The number of nitrogens with one attached hydrogen (secondary N) is 1. The second kappa shape index (κ2) is 12.4. The van der Waals surface area contributed by atoms with Gasteiger partial charge < -0.3 is 20.6 Å². The van der Waals surface area contributed by atoms with Crippen LogP contribution in [0.15, 0.2) is 23.8 Å². The third-order valence-corrected chi connectivity index (χ3v) is 6.19. The van der Waals surface area contributed by atoms with Crippen LogP contribution in [-0.4, -0.2) is 46.6 Å². The molecule has 0 unspecified atom stereocenters. The molecule has 4 N–H and O–H groups in total. The number of amides is 1. The number of aliphatic hydroxyl groups excluding tert-OH is 3. The maximum absolute atomic E-state index is 11.6. The quantitative estimate of drug-likeness (QED) is 0.286. The van der Waals surface area contributed by atoms with Crippen molar-refractivity contribution in [3.63, 3.8) is 0 Å². The van der Waals surface area contributed by atoms with Crippen LogP contribution < -0.4 is 5.32 Å². The van der Waals surface area contributed by atoms with Gasteiger partial charge in [-0.2, -0.15) is 0 Å². The molecule has 2 rings (SSSR count). The lowest BCUT2D eigenvalue weighted by atomic mass is 9.88. The van der Waals surface area contributed by atoms with Gasteiger partial charge in [-0.25, -0.2) is 0 Å². The molecule has 0 aliphatic heterocycles. The van der Waals surface area contributed by atoms with Crippen molar-refractivity contribution in [1.82, 2.24) is 5.32 Å². The molecule has 0 saturated heterocycles. The summed E-state index contributed by atoms with van der Waals surface area (Å²) < 4.78 is 0. The van der Waals surface area contributed by atoms with Crippen LogP contribution >= 0.6 is 0 Å². The zero-order chi connectivity index (χ0) is 20.4. The first-order chi connectivity index (χ1) is 13.5. The molecular formula is C23H39NO4. The van der Waals surface area contributed by atoms with Gasteiger partial charge in [0.05, 0.1) is 18.8 Å². The molecule has 0 aromatic carbocycles. The molecule has 0 heterocycles. The molecule has 5 nitrogen and oxygen atoms in total. The highest BCUT2D eigenvalue weighted by atomic mass is 16.3. The molecule has 0 aromatic heterocycles. The van der Waals surface area contributed by atoms with Crippen LogP contribution in [0.1, 0.15) is 71.1 Å². The van der Waals surface area contributed by atoms with E-state index in [0.717, 1.165) is 57.8 Å². The van der Waals surface area contributed by atoms with Crippen molar-refractivity contribution in [2.24, 2.45) is 17.8 Å². The third kappa shape index (κ3) is 7.34. The molecule has 28 heavy (non-hydrogen) atoms. The van der Waals surface area contributed by atoms with Crippen molar-refractivity contribution in [2.45, 2.75) is 83.3 Å². The number of allylic oxidation sites excluding steroid dienone is 2. The molecule has 1 amide bonds. The van der Waals surface area contributed by atoms with Gasteiger partial charge in [-0.15, -0.1) is 0 Å². The first-order valence-electron chi connectivity index (χ1n) is 11.2. The van der Waals surface area contributed by atoms with E-state index >= 15 is 0 Å². The molecule has 5 heteroatoms. The zero-order valence-electron chi connectivity index (χ0n) is 17.4. The second-order valence-electron chi connectivity index (χ2n) is 8.47. The number of carbonyl (C=O) groups is 1. The normalized spacial score (nSPS) is 27.8. The van der Waals surface area contributed by atoms with Crippen LogP contribution in [-0.2, 0) is 4.79 Å². The van der Waals surface area contributed by atoms with Crippen LogP contribution in [0.25, 0.3) is 0 Å². The summed E-state index contributed by atoms with van der Waals surface area (Å²) in [5.41, 5.74) is 1.46. The van der Waals surface area contributed by atoms with Gasteiger partial charge in [0, 0.05) is 18.9 Å². The van der Waals surface area contributed by atoms with Crippen LogP contribution in [0.3, 0.4) is 0 Å². The van der Waals surface area contributed by atoms with E-state index in [1.165, 1.54) is 5.57 Å². The van der Waals surface area contributed by atoms with Crippen LogP contribution in [0, 0.1) is 17.8 Å². The van der Waals surface area contributed by atoms with Crippen molar-refractivity contribution in [3.05, 3.63) is 23.8 Å². The highest BCUT2D eigenvalue weighted by Crippen LogP contribution is 2.48. The second-order valence-corrected chi connectivity index (χ2v) is 8.47. The van der Waals surface area contributed by atoms with E-state index in [0.29, 0.717) is 24.8 Å². The molecule has 2 aliphatic carbocycles.